The number of nitrogens with one attached hydrogen (secondary N) is 1. The van der Waals surface area contributed by atoms with E-state index >= 15 is 0 Å². The maximum Gasteiger partial charge on any atom is 0.145 e. The van der Waals surface area contributed by atoms with Gasteiger partial charge in [0.05, 0.1) is 5.70 Å². The highest BCUT2D eigenvalue weighted by atomic mass is 19.1. The summed E-state index contributed by atoms with van der Waals surface area (Å²) in [5, 5.41) is 2.70. The second kappa shape index (κ2) is 4.79. The van der Waals surface area contributed by atoms with Gasteiger partial charge in [-0.15, -0.1) is 0 Å². The molecule has 56 valence electrons. The zero-order chi connectivity index (χ0) is 7.98. The Balaban J connectivity index is 4.44. The van der Waals surface area contributed by atoms with Crippen molar-refractivity contribution in [3.05, 3.63) is 36.3 Å². The Morgan fingerprint density at radius 2 is 2.20 bits per heavy atom. The molecule has 10 heavy (non-hydrogen) atoms. The summed E-state index contributed by atoms with van der Waals surface area (Å²) in [6.45, 7) is 5.13. The average Bonchev–Trinajstić information content (AvgIpc) is 1.99. The Morgan fingerprint density at radius 3 is 2.50 bits per heavy atom. The van der Waals surface area contributed by atoms with Crippen molar-refractivity contribution in [3.8, 4) is 0 Å². The van der Waals surface area contributed by atoms with Crippen molar-refractivity contribution in [3.63, 3.8) is 0 Å². The van der Waals surface area contributed by atoms with Crippen molar-refractivity contribution >= 4 is 0 Å². The Bertz CT molecular complexity index is 168. The second-order valence-electron chi connectivity index (χ2n) is 1.72. The molecule has 0 saturated heterocycles. The summed E-state index contributed by atoms with van der Waals surface area (Å²) < 4.78 is 12.6. The van der Waals surface area contributed by atoms with Gasteiger partial charge in [0.15, 0.2) is 0 Å². The van der Waals surface area contributed by atoms with E-state index in [9.17, 15) is 4.39 Å². The summed E-state index contributed by atoms with van der Waals surface area (Å²) in [5.41, 5.74) is 0.456. The van der Waals surface area contributed by atoms with Gasteiger partial charge in [0.25, 0.3) is 0 Å². The highest BCUT2D eigenvalue weighted by molar-refractivity contribution is 5.25. The maximum atomic E-state index is 12.6. The largest absolute Gasteiger partial charge is 0.386 e. The molecule has 0 aromatic rings. The topological polar surface area (TPSA) is 12.0 Å². The molecule has 0 aliphatic heterocycles. The third-order valence-electron chi connectivity index (χ3n) is 1.04. The number of allylic oxidation sites excluding steroid dienone is 4. The SMILES string of the molecule is C=C/C(F)=C(\C=C/C)NC. The number of likely N-dealkylation sites (N-methyl/N-ethyl adjacent to an activating group) is 1. The molecular formula is C8H12FN. The second-order valence-corrected chi connectivity index (χ2v) is 1.72. The lowest BCUT2D eigenvalue weighted by atomic mass is 10.3. The van der Waals surface area contributed by atoms with E-state index in [2.05, 4.69) is 11.9 Å². The lowest BCUT2D eigenvalue weighted by Crippen LogP contribution is -2.04. The first kappa shape index (κ1) is 8.95. The van der Waals surface area contributed by atoms with Gasteiger partial charge in [0.2, 0.25) is 0 Å². The van der Waals surface area contributed by atoms with Gasteiger partial charge in [-0.3, -0.25) is 0 Å². The van der Waals surface area contributed by atoms with Crippen LogP contribution in [0.5, 0.6) is 0 Å². The molecule has 0 radical (unpaired) electrons. The van der Waals surface area contributed by atoms with Crippen LogP contribution in [0.25, 0.3) is 0 Å². The molecule has 0 atom stereocenters. The van der Waals surface area contributed by atoms with Gasteiger partial charge in [-0.05, 0) is 19.1 Å². The number of hydrogen-bond acceptors (Lipinski definition) is 1. The number of rotatable bonds is 3. The molecule has 2 heteroatoms. The fraction of sp³-hybridized carbons (Fsp3) is 0.250. The Labute approximate surface area is 60.9 Å². The third kappa shape index (κ3) is 2.49. The minimum atomic E-state index is -0.333. The quantitative estimate of drug-likeness (QED) is 0.594. The van der Waals surface area contributed by atoms with Gasteiger partial charge in [-0.25, -0.2) is 4.39 Å². The number of halogens is 1. The summed E-state index contributed by atoms with van der Waals surface area (Å²) in [6, 6.07) is 0. The first-order valence-corrected chi connectivity index (χ1v) is 3.09. The lowest BCUT2D eigenvalue weighted by Gasteiger charge is -1.98. The van der Waals surface area contributed by atoms with Gasteiger partial charge in [-0.2, -0.15) is 0 Å². The molecule has 0 aliphatic carbocycles. The highest BCUT2D eigenvalue weighted by Crippen LogP contribution is 2.04. The van der Waals surface area contributed by atoms with Crippen LogP contribution >= 0.6 is 0 Å². The van der Waals surface area contributed by atoms with E-state index in [1.54, 1.807) is 19.2 Å². The normalized spacial score (nSPS) is 13.1. The summed E-state index contributed by atoms with van der Waals surface area (Å²) in [7, 11) is 1.67. The fourth-order valence-electron chi connectivity index (χ4n) is 0.559. The standard InChI is InChI=1S/C8H12FN/c1-4-6-8(10-3)7(9)5-2/h4-6,10H,2H2,1,3H3/b6-4-,8-7-. The lowest BCUT2D eigenvalue weighted by molar-refractivity contribution is 0.647. The summed E-state index contributed by atoms with van der Waals surface area (Å²) in [4.78, 5) is 0. The van der Waals surface area contributed by atoms with Crippen LogP contribution in [0.2, 0.25) is 0 Å². The van der Waals surface area contributed by atoms with Crippen molar-refractivity contribution in [2.75, 3.05) is 7.05 Å². The smallest absolute Gasteiger partial charge is 0.145 e. The van der Waals surface area contributed by atoms with E-state index in [1.807, 2.05) is 6.92 Å². The van der Waals surface area contributed by atoms with E-state index in [4.69, 9.17) is 0 Å². The van der Waals surface area contributed by atoms with E-state index in [1.165, 1.54) is 6.08 Å². The minimum absolute atomic E-state index is 0.333. The number of hydrogen-bond donors (Lipinski definition) is 1. The molecule has 0 spiro atoms. The van der Waals surface area contributed by atoms with Crippen LogP contribution in [0.15, 0.2) is 36.3 Å². The van der Waals surface area contributed by atoms with Gasteiger partial charge in [-0.1, -0.05) is 12.7 Å². The van der Waals surface area contributed by atoms with Crippen LogP contribution in [-0.4, -0.2) is 7.05 Å². The van der Waals surface area contributed by atoms with Gasteiger partial charge >= 0.3 is 0 Å². The van der Waals surface area contributed by atoms with Crippen LogP contribution in [0.3, 0.4) is 0 Å². The van der Waals surface area contributed by atoms with Gasteiger partial charge < -0.3 is 5.32 Å². The molecule has 1 nitrogen and oxygen atoms in total. The van der Waals surface area contributed by atoms with Crippen molar-refractivity contribution in [1.29, 1.82) is 0 Å². The molecule has 0 aromatic carbocycles. The van der Waals surface area contributed by atoms with Crippen LogP contribution < -0.4 is 5.32 Å². The Morgan fingerprint density at radius 1 is 1.60 bits per heavy atom. The zero-order valence-corrected chi connectivity index (χ0v) is 6.32. The molecule has 0 rings (SSSR count). The van der Waals surface area contributed by atoms with E-state index < -0.39 is 0 Å². The van der Waals surface area contributed by atoms with Crippen LogP contribution in [0, 0.1) is 0 Å². The average molecular weight is 141 g/mol. The van der Waals surface area contributed by atoms with E-state index in [0.717, 1.165) is 0 Å². The third-order valence-corrected chi connectivity index (χ3v) is 1.04. The molecular weight excluding hydrogens is 129 g/mol. The first-order chi connectivity index (χ1) is 4.76. The molecule has 0 aliphatic rings. The van der Waals surface area contributed by atoms with E-state index in [0.29, 0.717) is 5.70 Å². The minimum Gasteiger partial charge on any atom is -0.386 e. The molecule has 0 aromatic heterocycles. The first-order valence-electron chi connectivity index (χ1n) is 3.09. The fourth-order valence-corrected chi connectivity index (χ4v) is 0.559. The van der Waals surface area contributed by atoms with Crippen molar-refractivity contribution in [1.82, 2.24) is 5.32 Å². The van der Waals surface area contributed by atoms with Crippen LogP contribution in [0.4, 0.5) is 4.39 Å². The zero-order valence-electron chi connectivity index (χ0n) is 6.32. The molecule has 0 fully saturated rings. The van der Waals surface area contributed by atoms with Crippen molar-refractivity contribution in [2.45, 2.75) is 6.92 Å². The van der Waals surface area contributed by atoms with E-state index in [-0.39, 0.29) is 5.83 Å². The molecule has 0 saturated carbocycles. The van der Waals surface area contributed by atoms with Crippen LogP contribution in [-0.2, 0) is 0 Å². The molecule has 0 bridgehead atoms. The molecule has 1 N–H and O–H groups in total. The predicted octanol–water partition coefficient (Wildman–Crippen LogP) is 2.15. The summed E-state index contributed by atoms with van der Waals surface area (Å²) in [5.74, 6) is -0.333. The van der Waals surface area contributed by atoms with Crippen molar-refractivity contribution < 1.29 is 4.39 Å². The van der Waals surface area contributed by atoms with Crippen LogP contribution in [0.1, 0.15) is 6.92 Å². The molecule has 0 amide bonds. The predicted molar refractivity (Wildman–Crippen MR) is 42.2 cm³/mol. The Kier molecular flexibility index (Phi) is 4.29. The maximum absolute atomic E-state index is 12.6. The highest BCUT2D eigenvalue weighted by Gasteiger charge is 1.93. The Hall–Kier alpha value is -1.05. The molecule has 0 unspecified atom stereocenters. The van der Waals surface area contributed by atoms with Gasteiger partial charge in [0.1, 0.15) is 5.83 Å². The van der Waals surface area contributed by atoms with Crippen molar-refractivity contribution in [2.24, 2.45) is 0 Å². The molecule has 0 heterocycles. The summed E-state index contributed by atoms with van der Waals surface area (Å²) >= 11 is 0. The van der Waals surface area contributed by atoms with Gasteiger partial charge in [0, 0.05) is 7.05 Å². The summed E-state index contributed by atoms with van der Waals surface area (Å²) in [6.07, 6.45) is 4.58. The monoisotopic (exact) mass is 141 g/mol.